The van der Waals surface area contributed by atoms with E-state index in [0.29, 0.717) is 12.3 Å². The second-order valence-corrected chi connectivity index (χ2v) is 4.68. The zero-order valence-corrected chi connectivity index (χ0v) is 13.5. The van der Waals surface area contributed by atoms with E-state index in [4.69, 9.17) is 9.84 Å². The fraction of sp³-hybridized carbons (Fsp3) is 0.235. The fourth-order valence-corrected chi connectivity index (χ4v) is 1.94. The molecular formula is C17H21ClN2O3. The average Bonchev–Trinajstić information content (AvgIpc) is 2.58. The Labute approximate surface area is 142 Å². The molecule has 0 heterocycles. The molecule has 6 heteroatoms. The minimum absolute atomic E-state index is 0. The summed E-state index contributed by atoms with van der Waals surface area (Å²) in [6.07, 6.45) is 0. The van der Waals surface area contributed by atoms with Crippen molar-refractivity contribution in [2.75, 3.05) is 25.1 Å². The van der Waals surface area contributed by atoms with Gasteiger partial charge in [0.2, 0.25) is 5.91 Å². The van der Waals surface area contributed by atoms with Crippen LogP contribution in [0.4, 0.5) is 5.69 Å². The second-order valence-electron chi connectivity index (χ2n) is 4.68. The molecule has 0 fully saturated rings. The highest BCUT2D eigenvalue weighted by Crippen LogP contribution is 2.17. The van der Waals surface area contributed by atoms with Crippen LogP contribution in [0.25, 0.3) is 0 Å². The van der Waals surface area contributed by atoms with E-state index in [0.717, 1.165) is 11.3 Å². The van der Waals surface area contributed by atoms with Crippen molar-refractivity contribution in [2.45, 2.75) is 6.54 Å². The third-order valence-corrected chi connectivity index (χ3v) is 3.02. The Morgan fingerprint density at radius 1 is 1.04 bits per heavy atom. The number of hydrogen-bond acceptors (Lipinski definition) is 4. The second kappa shape index (κ2) is 10.5. The summed E-state index contributed by atoms with van der Waals surface area (Å²) >= 11 is 0. The van der Waals surface area contributed by atoms with E-state index >= 15 is 0 Å². The number of para-hydroxylation sites is 2. The highest BCUT2D eigenvalue weighted by atomic mass is 35.5. The van der Waals surface area contributed by atoms with Gasteiger partial charge in [-0.25, -0.2) is 0 Å². The summed E-state index contributed by atoms with van der Waals surface area (Å²) in [5.41, 5.74) is 1.79. The lowest BCUT2D eigenvalue weighted by molar-refractivity contribution is -0.119. The molecule has 0 bridgehead atoms. The van der Waals surface area contributed by atoms with Crippen LogP contribution in [-0.2, 0) is 11.3 Å². The van der Waals surface area contributed by atoms with Gasteiger partial charge in [-0.05, 0) is 18.2 Å². The molecule has 2 aromatic rings. The number of amides is 1. The van der Waals surface area contributed by atoms with Gasteiger partial charge in [-0.15, -0.1) is 12.4 Å². The van der Waals surface area contributed by atoms with Crippen molar-refractivity contribution < 1.29 is 14.6 Å². The van der Waals surface area contributed by atoms with Crippen molar-refractivity contribution in [3.63, 3.8) is 0 Å². The summed E-state index contributed by atoms with van der Waals surface area (Å²) < 4.78 is 5.43. The Morgan fingerprint density at radius 2 is 1.74 bits per heavy atom. The first-order valence-electron chi connectivity index (χ1n) is 7.17. The molecule has 0 saturated carbocycles. The van der Waals surface area contributed by atoms with Crippen LogP contribution in [0.1, 0.15) is 5.56 Å². The molecule has 0 aliphatic rings. The number of halogens is 1. The molecule has 1 amide bonds. The van der Waals surface area contributed by atoms with Gasteiger partial charge in [0.15, 0.2) is 0 Å². The number of benzene rings is 2. The monoisotopic (exact) mass is 336 g/mol. The fourth-order valence-electron chi connectivity index (χ4n) is 1.94. The van der Waals surface area contributed by atoms with Gasteiger partial charge in [-0.3, -0.25) is 4.79 Å². The number of anilines is 1. The summed E-state index contributed by atoms with van der Waals surface area (Å²) in [7, 11) is 0. The number of aliphatic hydroxyl groups is 1. The van der Waals surface area contributed by atoms with Crippen molar-refractivity contribution in [1.82, 2.24) is 5.32 Å². The van der Waals surface area contributed by atoms with Gasteiger partial charge < -0.3 is 20.5 Å². The summed E-state index contributed by atoms with van der Waals surface area (Å²) in [5, 5.41) is 14.7. The number of nitrogens with one attached hydrogen (secondary N) is 2. The Morgan fingerprint density at radius 3 is 2.48 bits per heavy atom. The molecule has 0 spiro atoms. The van der Waals surface area contributed by atoms with Gasteiger partial charge in [0.1, 0.15) is 12.4 Å². The van der Waals surface area contributed by atoms with E-state index < -0.39 is 0 Å². The van der Waals surface area contributed by atoms with Crippen LogP contribution < -0.4 is 15.4 Å². The molecular weight excluding hydrogens is 316 g/mol. The normalized spacial score (nSPS) is 9.61. The molecule has 23 heavy (non-hydrogen) atoms. The lowest BCUT2D eigenvalue weighted by atomic mass is 10.2. The van der Waals surface area contributed by atoms with Gasteiger partial charge in [-0.1, -0.05) is 36.4 Å². The van der Waals surface area contributed by atoms with E-state index in [1.807, 2.05) is 54.6 Å². The van der Waals surface area contributed by atoms with Crippen molar-refractivity contribution in [1.29, 1.82) is 0 Å². The molecule has 0 aromatic heterocycles. The molecule has 2 aromatic carbocycles. The minimum atomic E-state index is -0.0965. The van der Waals surface area contributed by atoms with Gasteiger partial charge in [0.25, 0.3) is 0 Å². The number of aliphatic hydroxyl groups excluding tert-OH is 1. The lowest BCUT2D eigenvalue weighted by Gasteiger charge is -2.12. The van der Waals surface area contributed by atoms with Crippen LogP contribution in [0.3, 0.4) is 0 Å². The van der Waals surface area contributed by atoms with Gasteiger partial charge in [0, 0.05) is 17.8 Å². The molecule has 0 aliphatic heterocycles. The van der Waals surface area contributed by atoms with Crippen LogP contribution in [0.5, 0.6) is 5.75 Å². The summed E-state index contributed by atoms with van der Waals surface area (Å²) in [6, 6.07) is 17.0. The molecule has 124 valence electrons. The number of carbonyl (C=O) groups is 1. The molecule has 0 atom stereocenters. The average molecular weight is 337 g/mol. The van der Waals surface area contributed by atoms with E-state index in [1.54, 1.807) is 0 Å². The zero-order valence-electron chi connectivity index (χ0n) is 12.7. The molecule has 0 aliphatic carbocycles. The predicted octanol–water partition coefficient (Wildman–Crippen LogP) is 2.21. The standard InChI is InChI=1S/C17H20N2O3.ClH/c20-10-11-22-16-9-5-4-6-14(16)12-19-17(21)13-18-15-7-2-1-3-8-15;/h1-9,18,20H,10-13H2,(H,19,21);1H. The van der Waals surface area contributed by atoms with E-state index in [2.05, 4.69) is 10.6 Å². The summed E-state index contributed by atoms with van der Waals surface area (Å²) in [4.78, 5) is 11.9. The molecule has 5 nitrogen and oxygen atoms in total. The van der Waals surface area contributed by atoms with Crippen LogP contribution in [0.2, 0.25) is 0 Å². The van der Waals surface area contributed by atoms with Crippen molar-refractivity contribution in [2.24, 2.45) is 0 Å². The van der Waals surface area contributed by atoms with Gasteiger partial charge in [-0.2, -0.15) is 0 Å². The molecule has 0 saturated heterocycles. The minimum Gasteiger partial charge on any atom is -0.491 e. The Kier molecular flexibility index (Phi) is 8.57. The van der Waals surface area contributed by atoms with Crippen molar-refractivity contribution >= 4 is 24.0 Å². The van der Waals surface area contributed by atoms with Gasteiger partial charge >= 0.3 is 0 Å². The third kappa shape index (κ3) is 6.59. The SMILES string of the molecule is Cl.O=C(CNc1ccccc1)NCc1ccccc1OCCO. The molecule has 0 radical (unpaired) electrons. The zero-order chi connectivity index (χ0) is 15.6. The summed E-state index contributed by atoms with van der Waals surface area (Å²) in [5.74, 6) is 0.577. The number of carbonyl (C=O) groups excluding carboxylic acids is 1. The van der Waals surface area contributed by atoms with Crippen LogP contribution in [0, 0.1) is 0 Å². The van der Waals surface area contributed by atoms with Crippen LogP contribution in [0.15, 0.2) is 54.6 Å². The largest absolute Gasteiger partial charge is 0.491 e. The Balaban J connectivity index is 0.00000264. The van der Waals surface area contributed by atoms with Crippen molar-refractivity contribution in [3.8, 4) is 5.75 Å². The van der Waals surface area contributed by atoms with E-state index in [1.165, 1.54) is 0 Å². The van der Waals surface area contributed by atoms with E-state index in [9.17, 15) is 4.79 Å². The molecule has 2 rings (SSSR count). The predicted molar refractivity (Wildman–Crippen MR) is 93.0 cm³/mol. The highest BCUT2D eigenvalue weighted by Gasteiger charge is 2.05. The molecule has 0 unspecified atom stereocenters. The van der Waals surface area contributed by atoms with Crippen molar-refractivity contribution in [3.05, 3.63) is 60.2 Å². The first kappa shape index (κ1) is 18.8. The maximum Gasteiger partial charge on any atom is 0.239 e. The van der Waals surface area contributed by atoms with Crippen LogP contribution >= 0.6 is 12.4 Å². The lowest BCUT2D eigenvalue weighted by Crippen LogP contribution is -2.29. The maximum atomic E-state index is 11.9. The first-order chi connectivity index (χ1) is 10.8. The number of hydrogen-bond donors (Lipinski definition) is 3. The summed E-state index contributed by atoms with van der Waals surface area (Å²) in [6.45, 7) is 0.794. The quantitative estimate of drug-likeness (QED) is 0.691. The number of rotatable bonds is 8. The Hall–Kier alpha value is -2.24. The maximum absolute atomic E-state index is 11.9. The third-order valence-electron chi connectivity index (χ3n) is 3.02. The van der Waals surface area contributed by atoms with Crippen LogP contribution in [-0.4, -0.2) is 30.8 Å². The smallest absolute Gasteiger partial charge is 0.239 e. The highest BCUT2D eigenvalue weighted by molar-refractivity contribution is 5.85. The van der Waals surface area contributed by atoms with E-state index in [-0.39, 0.29) is 38.1 Å². The first-order valence-corrected chi connectivity index (χ1v) is 7.17. The molecule has 3 N–H and O–H groups in total. The van der Waals surface area contributed by atoms with Gasteiger partial charge in [0.05, 0.1) is 13.2 Å². The number of ether oxygens (including phenoxy) is 1. The Bertz CT molecular complexity index is 593. The topological polar surface area (TPSA) is 70.6 Å².